The SMILES string of the molecule is CC1CN(CCCOc2ccccc2C(=O)O)CC1C. The molecule has 110 valence electrons. The summed E-state index contributed by atoms with van der Waals surface area (Å²) in [6.07, 6.45) is 0.924. The molecule has 1 fully saturated rings. The fourth-order valence-electron chi connectivity index (χ4n) is 2.67. The Morgan fingerprint density at radius 1 is 1.30 bits per heavy atom. The highest BCUT2D eigenvalue weighted by Crippen LogP contribution is 2.22. The zero-order valence-electron chi connectivity index (χ0n) is 12.2. The van der Waals surface area contributed by atoms with Crippen molar-refractivity contribution in [2.75, 3.05) is 26.2 Å². The summed E-state index contributed by atoms with van der Waals surface area (Å²) in [5, 5.41) is 9.06. The Kier molecular flexibility index (Phi) is 5.01. The molecule has 4 heteroatoms. The molecule has 2 rings (SSSR count). The van der Waals surface area contributed by atoms with E-state index in [0.717, 1.165) is 37.9 Å². The highest BCUT2D eigenvalue weighted by molar-refractivity contribution is 5.90. The van der Waals surface area contributed by atoms with E-state index in [1.807, 2.05) is 0 Å². The maximum Gasteiger partial charge on any atom is 0.339 e. The van der Waals surface area contributed by atoms with E-state index in [4.69, 9.17) is 9.84 Å². The summed E-state index contributed by atoms with van der Waals surface area (Å²) < 4.78 is 5.60. The van der Waals surface area contributed by atoms with Crippen molar-refractivity contribution in [2.24, 2.45) is 11.8 Å². The molecule has 1 aliphatic heterocycles. The minimum atomic E-state index is -0.942. The van der Waals surface area contributed by atoms with Gasteiger partial charge in [-0.15, -0.1) is 0 Å². The highest BCUT2D eigenvalue weighted by atomic mass is 16.5. The summed E-state index contributed by atoms with van der Waals surface area (Å²) in [7, 11) is 0. The van der Waals surface area contributed by atoms with Gasteiger partial charge in [0.2, 0.25) is 0 Å². The summed E-state index contributed by atoms with van der Waals surface area (Å²) in [6.45, 7) is 8.49. The zero-order valence-corrected chi connectivity index (χ0v) is 12.2. The van der Waals surface area contributed by atoms with E-state index in [1.54, 1.807) is 24.3 Å². The van der Waals surface area contributed by atoms with Crippen LogP contribution >= 0.6 is 0 Å². The minimum Gasteiger partial charge on any atom is -0.493 e. The van der Waals surface area contributed by atoms with Crippen LogP contribution in [0.1, 0.15) is 30.6 Å². The molecule has 0 spiro atoms. The van der Waals surface area contributed by atoms with E-state index < -0.39 is 5.97 Å². The van der Waals surface area contributed by atoms with Crippen LogP contribution in [0.15, 0.2) is 24.3 Å². The van der Waals surface area contributed by atoms with Crippen molar-refractivity contribution >= 4 is 5.97 Å². The van der Waals surface area contributed by atoms with Crippen LogP contribution in [0, 0.1) is 11.8 Å². The predicted octanol–water partition coefficient (Wildman–Crippen LogP) is 2.74. The van der Waals surface area contributed by atoms with Crippen molar-refractivity contribution in [2.45, 2.75) is 20.3 Å². The highest BCUT2D eigenvalue weighted by Gasteiger charge is 2.25. The first kappa shape index (κ1) is 14.9. The van der Waals surface area contributed by atoms with Crippen LogP contribution in [0.3, 0.4) is 0 Å². The topological polar surface area (TPSA) is 49.8 Å². The van der Waals surface area contributed by atoms with Crippen LogP contribution in [0.4, 0.5) is 0 Å². The van der Waals surface area contributed by atoms with Crippen LogP contribution in [0.2, 0.25) is 0 Å². The van der Waals surface area contributed by atoms with Crippen molar-refractivity contribution in [1.82, 2.24) is 4.90 Å². The lowest BCUT2D eigenvalue weighted by atomic mass is 10.0. The van der Waals surface area contributed by atoms with E-state index in [-0.39, 0.29) is 5.56 Å². The summed E-state index contributed by atoms with van der Waals surface area (Å²) in [5.41, 5.74) is 0.232. The van der Waals surface area contributed by atoms with Crippen LogP contribution < -0.4 is 4.74 Å². The monoisotopic (exact) mass is 277 g/mol. The maximum atomic E-state index is 11.0. The largest absolute Gasteiger partial charge is 0.493 e. The molecule has 0 radical (unpaired) electrons. The van der Waals surface area contributed by atoms with Crippen molar-refractivity contribution in [3.63, 3.8) is 0 Å². The lowest BCUT2D eigenvalue weighted by Gasteiger charge is -2.15. The summed E-state index contributed by atoms with van der Waals surface area (Å²) in [4.78, 5) is 13.5. The normalized spacial score (nSPS) is 22.9. The Balaban J connectivity index is 1.75. The first-order chi connectivity index (χ1) is 9.58. The second-order valence-electron chi connectivity index (χ2n) is 5.72. The van der Waals surface area contributed by atoms with Gasteiger partial charge < -0.3 is 14.7 Å². The van der Waals surface area contributed by atoms with E-state index in [9.17, 15) is 4.79 Å². The smallest absolute Gasteiger partial charge is 0.339 e. The molecule has 0 aromatic heterocycles. The first-order valence-electron chi connectivity index (χ1n) is 7.25. The molecule has 2 atom stereocenters. The predicted molar refractivity (Wildman–Crippen MR) is 78.3 cm³/mol. The number of hydrogen-bond donors (Lipinski definition) is 1. The van der Waals surface area contributed by atoms with Crippen LogP contribution in [0.5, 0.6) is 5.75 Å². The van der Waals surface area contributed by atoms with Crippen molar-refractivity contribution < 1.29 is 14.6 Å². The second kappa shape index (κ2) is 6.75. The zero-order chi connectivity index (χ0) is 14.5. The Morgan fingerprint density at radius 2 is 1.95 bits per heavy atom. The third-order valence-corrected chi connectivity index (χ3v) is 4.06. The van der Waals surface area contributed by atoms with Gasteiger partial charge in [0, 0.05) is 19.6 Å². The second-order valence-corrected chi connectivity index (χ2v) is 5.72. The van der Waals surface area contributed by atoms with Gasteiger partial charge in [0.25, 0.3) is 0 Å². The van der Waals surface area contributed by atoms with Gasteiger partial charge in [-0.25, -0.2) is 4.79 Å². The van der Waals surface area contributed by atoms with Gasteiger partial charge in [-0.2, -0.15) is 0 Å². The molecule has 1 saturated heterocycles. The molecule has 2 unspecified atom stereocenters. The number of carboxylic acid groups (broad SMARTS) is 1. The number of rotatable bonds is 6. The standard InChI is InChI=1S/C16H23NO3/c1-12-10-17(11-13(12)2)8-5-9-20-15-7-4-3-6-14(15)16(18)19/h3-4,6-7,12-13H,5,8-11H2,1-2H3,(H,18,19). The van der Waals surface area contributed by atoms with Gasteiger partial charge in [0.15, 0.2) is 0 Å². The van der Waals surface area contributed by atoms with Gasteiger partial charge >= 0.3 is 5.97 Å². The molecule has 0 aliphatic carbocycles. The molecule has 1 aromatic carbocycles. The molecule has 0 amide bonds. The first-order valence-corrected chi connectivity index (χ1v) is 7.25. The van der Waals surface area contributed by atoms with Gasteiger partial charge in [-0.3, -0.25) is 0 Å². The average Bonchev–Trinajstić information content (AvgIpc) is 2.74. The van der Waals surface area contributed by atoms with Crippen molar-refractivity contribution in [3.05, 3.63) is 29.8 Å². The summed E-state index contributed by atoms with van der Waals surface area (Å²) in [6, 6.07) is 6.79. The summed E-state index contributed by atoms with van der Waals surface area (Å²) in [5.74, 6) is 1.05. The quantitative estimate of drug-likeness (QED) is 0.812. The molecule has 20 heavy (non-hydrogen) atoms. The number of benzene rings is 1. The van der Waals surface area contributed by atoms with Crippen molar-refractivity contribution in [1.29, 1.82) is 0 Å². The summed E-state index contributed by atoms with van der Waals surface area (Å²) >= 11 is 0. The number of aromatic carboxylic acids is 1. The fraction of sp³-hybridized carbons (Fsp3) is 0.562. The molecular weight excluding hydrogens is 254 g/mol. The van der Waals surface area contributed by atoms with E-state index in [0.29, 0.717) is 12.4 Å². The lowest BCUT2D eigenvalue weighted by molar-refractivity contribution is 0.0692. The van der Waals surface area contributed by atoms with Gasteiger partial charge in [-0.1, -0.05) is 26.0 Å². The molecule has 1 N–H and O–H groups in total. The third-order valence-electron chi connectivity index (χ3n) is 4.06. The van der Waals surface area contributed by atoms with Gasteiger partial charge in [-0.05, 0) is 30.4 Å². The third kappa shape index (κ3) is 3.73. The number of para-hydroxylation sites is 1. The number of carboxylic acids is 1. The lowest BCUT2D eigenvalue weighted by Crippen LogP contribution is -2.23. The van der Waals surface area contributed by atoms with Crippen LogP contribution in [-0.4, -0.2) is 42.2 Å². The van der Waals surface area contributed by atoms with Crippen LogP contribution in [0.25, 0.3) is 0 Å². The molecular formula is C16H23NO3. The molecule has 1 aliphatic rings. The van der Waals surface area contributed by atoms with E-state index in [1.165, 1.54) is 0 Å². The fourth-order valence-corrected chi connectivity index (χ4v) is 2.67. The van der Waals surface area contributed by atoms with Gasteiger partial charge in [0.1, 0.15) is 11.3 Å². The Morgan fingerprint density at radius 3 is 2.60 bits per heavy atom. The number of carbonyl (C=O) groups is 1. The van der Waals surface area contributed by atoms with Crippen molar-refractivity contribution in [3.8, 4) is 5.75 Å². The van der Waals surface area contributed by atoms with Crippen LogP contribution in [-0.2, 0) is 0 Å². The maximum absolute atomic E-state index is 11.0. The number of ether oxygens (including phenoxy) is 1. The number of nitrogens with zero attached hydrogens (tertiary/aromatic N) is 1. The number of likely N-dealkylation sites (tertiary alicyclic amines) is 1. The Hall–Kier alpha value is -1.55. The van der Waals surface area contributed by atoms with E-state index in [2.05, 4.69) is 18.7 Å². The minimum absolute atomic E-state index is 0.232. The molecule has 4 nitrogen and oxygen atoms in total. The molecule has 1 heterocycles. The molecule has 0 bridgehead atoms. The average molecular weight is 277 g/mol. The van der Waals surface area contributed by atoms with Gasteiger partial charge in [0.05, 0.1) is 6.61 Å². The van der Waals surface area contributed by atoms with E-state index >= 15 is 0 Å². The number of hydrogen-bond acceptors (Lipinski definition) is 3. The Labute approximate surface area is 120 Å². The Bertz CT molecular complexity index is 451. The molecule has 0 saturated carbocycles. The molecule has 1 aromatic rings.